The van der Waals surface area contributed by atoms with Crippen LogP contribution in [0.2, 0.25) is 0 Å². The molecular formula is C24H35F4N5O4S. The summed E-state index contributed by atoms with van der Waals surface area (Å²) in [6.45, 7) is 4.98. The van der Waals surface area contributed by atoms with Crippen LogP contribution < -0.4 is 15.4 Å². The molecule has 1 aliphatic rings. The standard InChI is InChI=1S/C12H17F2N3O2S.C7H7F2N.C3H7NO.C2H4O/c1-16-4-3-9(8(13)5-16)15-20(19)11-6-17(2)10(7-18)12(11)14;1-10-5-2-3-6(8)7(9)4-5;1-2-4-3-5;1-2-3/h6-9,15H,3-5H2,1-2H3;2-4,10H,1H3;3H,2H2,1H3,(H,4,5);2H,1H3. The molecule has 14 heteroatoms. The van der Waals surface area contributed by atoms with Gasteiger partial charge in [-0.3, -0.25) is 9.59 Å². The van der Waals surface area contributed by atoms with Crippen LogP contribution in [0.15, 0.2) is 29.3 Å². The van der Waals surface area contributed by atoms with Crippen molar-refractivity contribution in [3.05, 3.63) is 47.5 Å². The van der Waals surface area contributed by atoms with E-state index in [0.717, 1.165) is 25.0 Å². The van der Waals surface area contributed by atoms with E-state index in [1.807, 2.05) is 18.9 Å². The van der Waals surface area contributed by atoms with E-state index in [9.17, 15) is 31.4 Å². The average molecular weight is 566 g/mol. The number of aryl methyl sites for hydroxylation is 1. The van der Waals surface area contributed by atoms with E-state index in [2.05, 4.69) is 15.4 Å². The number of anilines is 1. The van der Waals surface area contributed by atoms with Crippen LogP contribution in [0.25, 0.3) is 0 Å². The van der Waals surface area contributed by atoms with Crippen LogP contribution in [-0.2, 0) is 27.6 Å². The third kappa shape index (κ3) is 12.0. The molecule has 2 heterocycles. The Kier molecular flexibility index (Phi) is 17.5. The summed E-state index contributed by atoms with van der Waals surface area (Å²) in [6.07, 6.45) is 2.42. The maximum absolute atomic E-state index is 13.9. The van der Waals surface area contributed by atoms with Gasteiger partial charge in [0.1, 0.15) is 34.0 Å². The van der Waals surface area contributed by atoms with Crippen molar-refractivity contribution in [3.63, 3.8) is 0 Å². The first-order valence-electron chi connectivity index (χ1n) is 11.5. The second kappa shape index (κ2) is 19.0. The summed E-state index contributed by atoms with van der Waals surface area (Å²) < 4.78 is 68.3. The van der Waals surface area contributed by atoms with E-state index in [-0.39, 0.29) is 17.1 Å². The molecule has 3 N–H and O–H groups in total. The zero-order valence-corrected chi connectivity index (χ0v) is 22.8. The third-order valence-electron chi connectivity index (χ3n) is 4.94. The third-order valence-corrected chi connectivity index (χ3v) is 6.14. The van der Waals surface area contributed by atoms with Gasteiger partial charge in [0.2, 0.25) is 6.41 Å². The second-order valence-electron chi connectivity index (χ2n) is 7.77. The minimum Gasteiger partial charge on any atom is -0.388 e. The van der Waals surface area contributed by atoms with Crippen LogP contribution in [0.1, 0.15) is 30.8 Å². The van der Waals surface area contributed by atoms with Crippen molar-refractivity contribution in [1.82, 2.24) is 19.5 Å². The molecule has 0 spiro atoms. The number of carbonyl (C=O) groups excluding carboxylic acids is 3. The van der Waals surface area contributed by atoms with E-state index in [1.54, 1.807) is 7.05 Å². The van der Waals surface area contributed by atoms with E-state index in [0.29, 0.717) is 31.3 Å². The van der Waals surface area contributed by atoms with Crippen LogP contribution in [0.5, 0.6) is 0 Å². The summed E-state index contributed by atoms with van der Waals surface area (Å²) in [4.78, 5) is 30.5. The molecule has 1 aliphatic heterocycles. The van der Waals surface area contributed by atoms with E-state index >= 15 is 0 Å². The van der Waals surface area contributed by atoms with Crippen molar-refractivity contribution in [2.24, 2.45) is 7.05 Å². The van der Waals surface area contributed by atoms with Gasteiger partial charge in [-0.2, -0.15) is 0 Å². The number of rotatable bonds is 7. The van der Waals surface area contributed by atoms with Gasteiger partial charge in [-0.25, -0.2) is 26.5 Å². The largest absolute Gasteiger partial charge is 0.388 e. The Balaban J connectivity index is 0.000000630. The number of benzene rings is 1. The maximum atomic E-state index is 13.9. The number of amides is 1. The van der Waals surface area contributed by atoms with Gasteiger partial charge in [0.25, 0.3) is 0 Å². The van der Waals surface area contributed by atoms with Gasteiger partial charge in [0.05, 0.1) is 6.04 Å². The van der Waals surface area contributed by atoms with Gasteiger partial charge in [0, 0.05) is 39.1 Å². The van der Waals surface area contributed by atoms with Gasteiger partial charge in [-0.1, -0.05) is 0 Å². The summed E-state index contributed by atoms with van der Waals surface area (Å²) in [7, 11) is 3.07. The SMILES string of the molecule is CC=O.CCNC=O.CN1CCC(NS(=O)c2cn(C)c(C=O)c2F)C(F)C1.CNc1ccc(F)c(F)c1. The molecule has 1 saturated heterocycles. The highest BCUT2D eigenvalue weighted by Gasteiger charge is 2.30. The molecular weight excluding hydrogens is 530 g/mol. The number of likely N-dealkylation sites (tertiary alicyclic amines) is 1. The monoisotopic (exact) mass is 565 g/mol. The summed E-state index contributed by atoms with van der Waals surface area (Å²) in [5, 5.41) is 5.12. The zero-order valence-electron chi connectivity index (χ0n) is 22.0. The fraction of sp³-hybridized carbons (Fsp3) is 0.458. The molecule has 1 amide bonds. The molecule has 214 valence electrons. The number of nitrogens with one attached hydrogen (secondary N) is 3. The first-order valence-corrected chi connectivity index (χ1v) is 12.7. The number of hydrogen-bond donors (Lipinski definition) is 3. The number of nitrogens with zero attached hydrogens (tertiary/aromatic N) is 2. The van der Waals surface area contributed by atoms with Crippen LogP contribution >= 0.6 is 0 Å². The molecule has 3 atom stereocenters. The first kappa shape index (κ1) is 34.9. The predicted molar refractivity (Wildman–Crippen MR) is 138 cm³/mol. The normalized spacial score (nSPS) is 17.2. The minimum atomic E-state index is -1.88. The molecule has 3 rings (SSSR count). The summed E-state index contributed by atoms with van der Waals surface area (Å²) >= 11 is 0. The number of aromatic nitrogens is 1. The van der Waals surface area contributed by atoms with Gasteiger partial charge >= 0.3 is 0 Å². The Morgan fingerprint density at radius 1 is 1.13 bits per heavy atom. The van der Waals surface area contributed by atoms with Crippen molar-refractivity contribution < 1.29 is 36.2 Å². The predicted octanol–water partition coefficient (Wildman–Crippen LogP) is 2.60. The van der Waals surface area contributed by atoms with Crippen molar-refractivity contribution in [1.29, 1.82) is 0 Å². The second-order valence-corrected chi connectivity index (χ2v) is 8.98. The quantitative estimate of drug-likeness (QED) is 0.352. The van der Waals surface area contributed by atoms with Gasteiger partial charge in [-0.05, 0) is 52.1 Å². The summed E-state index contributed by atoms with van der Waals surface area (Å²) in [5.74, 6) is -2.47. The number of piperidine rings is 1. The van der Waals surface area contributed by atoms with E-state index in [1.165, 1.54) is 30.8 Å². The van der Waals surface area contributed by atoms with Gasteiger partial charge in [0.15, 0.2) is 23.7 Å². The summed E-state index contributed by atoms with van der Waals surface area (Å²) in [5.41, 5.74) is 0.397. The number of aldehydes is 2. The van der Waals surface area contributed by atoms with Gasteiger partial charge < -0.3 is 24.9 Å². The van der Waals surface area contributed by atoms with Crippen LogP contribution in [0.3, 0.4) is 0 Å². The maximum Gasteiger partial charge on any atom is 0.207 e. The number of hydrogen-bond acceptors (Lipinski definition) is 6. The fourth-order valence-electron chi connectivity index (χ4n) is 2.97. The van der Waals surface area contributed by atoms with Crippen LogP contribution in [-0.4, -0.2) is 78.6 Å². The molecule has 1 aromatic heterocycles. The van der Waals surface area contributed by atoms with Crippen molar-refractivity contribution in [2.75, 3.05) is 39.0 Å². The molecule has 38 heavy (non-hydrogen) atoms. The molecule has 3 unspecified atom stereocenters. The number of carbonyl (C=O) groups is 3. The van der Waals surface area contributed by atoms with Gasteiger partial charge in [-0.15, -0.1) is 0 Å². The van der Waals surface area contributed by atoms with E-state index < -0.39 is 40.7 Å². The zero-order chi connectivity index (χ0) is 29.3. The molecule has 2 aromatic rings. The number of alkyl halides is 1. The van der Waals surface area contributed by atoms with Crippen molar-refractivity contribution >= 4 is 35.7 Å². The lowest BCUT2D eigenvalue weighted by atomic mass is 10.1. The molecule has 0 aliphatic carbocycles. The summed E-state index contributed by atoms with van der Waals surface area (Å²) in [6, 6.07) is 3.08. The topological polar surface area (TPSA) is 113 Å². The average Bonchev–Trinajstić information content (AvgIpc) is 3.17. The minimum absolute atomic E-state index is 0.124. The van der Waals surface area contributed by atoms with Crippen molar-refractivity contribution in [3.8, 4) is 0 Å². The first-order chi connectivity index (χ1) is 18.0. The Morgan fingerprint density at radius 2 is 1.76 bits per heavy atom. The Hall–Kier alpha value is -3.10. The molecule has 1 aromatic carbocycles. The highest BCUT2D eigenvalue weighted by Crippen LogP contribution is 2.19. The molecule has 9 nitrogen and oxygen atoms in total. The highest BCUT2D eigenvalue weighted by atomic mass is 32.2. The molecule has 0 radical (unpaired) electrons. The number of halogens is 4. The molecule has 0 saturated carbocycles. The lowest BCUT2D eigenvalue weighted by Crippen LogP contribution is -2.50. The van der Waals surface area contributed by atoms with E-state index in [4.69, 9.17) is 4.79 Å². The Labute approximate surface area is 222 Å². The lowest BCUT2D eigenvalue weighted by Gasteiger charge is -2.32. The Bertz CT molecular complexity index is 1040. The fourth-order valence-corrected chi connectivity index (χ4v) is 4.16. The smallest absolute Gasteiger partial charge is 0.207 e. The molecule has 1 fully saturated rings. The van der Waals surface area contributed by atoms with Crippen molar-refractivity contribution in [2.45, 2.75) is 37.4 Å². The highest BCUT2D eigenvalue weighted by molar-refractivity contribution is 7.83. The lowest BCUT2D eigenvalue weighted by molar-refractivity contribution is -0.109. The van der Waals surface area contributed by atoms with Crippen LogP contribution in [0, 0.1) is 17.5 Å². The molecule has 0 bridgehead atoms. The van der Waals surface area contributed by atoms with Crippen LogP contribution in [0.4, 0.5) is 23.2 Å². The Morgan fingerprint density at radius 3 is 2.18 bits per heavy atom.